The second kappa shape index (κ2) is 4.31. The van der Waals surface area contributed by atoms with E-state index in [0.29, 0.717) is 11.3 Å². The highest BCUT2D eigenvalue weighted by Gasteiger charge is 2.19. The van der Waals surface area contributed by atoms with Crippen LogP contribution in [0.5, 0.6) is 5.75 Å². The van der Waals surface area contributed by atoms with Crippen molar-refractivity contribution < 1.29 is 10.2 Å². The second-order valence-corrected chi connectivity index (χ2v) is 5.24. The highest BCUT2D eigenvalue weighted by Crippen LogP contribution is 2.28. The molecule has 1 heterocycles. The summed E-state index contributed by atoms with van der Waals surface area (Å²) in [6.07, 6.45) is 0. The molecule has 0 atom stereocenters. The predicted octanol–water partition coefficient (Wildman–Crippen LogP) is 2.35. The van der Waals surface area contributed by atoms with Gasteiger partial charge >= 0.3 is 0 Å². The summed E-state index contributed by atoms with van der Waals surface area (Å²) < 4.78 is 0. The minimum Gasteiger partial charge on any atom is -0.506 e. The third kappa shape index (κ3) is 2.12. The van der Waals surface area contributed by atoms with Crippen LogP contribution in [0.25, 0.3) is 16.7 Å². The molecule has 2 N–H and O–H groups in total. The standard InChI is InChI=1S/C15H15N3O2/c1-15(2,20)10-7-8-14(19)13(9-10)18-16-11-5-3-4-6-12(11)17-18/h3-9,19-20H,1-2H3. The van der Waals surface area contributed by atoms with Crippen LogP contribution in [-0.2, 0) is 5.60 Å². The monoisotopic (exact) mass is 269 g/mol. The second-order valence-electron chi connectivity index (χ2n) is 5.24. The molecule has 3 rings (SSSR count). The molecule has 20 heavy (non-hydrogen) atoms. The molecule has 5 nitrogen and oxygen atoms in total. The van der Waals surface area contributed by atoms with Crippen LogP contribution >= 0.6 is 0 Å². The number of rotatable bonds is 2. The Labute approximate surface area is 116 Å². The van der Waals surface area contributed by atoms with Crippen molar-refractivity contribution in [2.45, 2.75) is 19.4 Å². The molecule has 0 aliphatic rings. The maximum absolute atomic E-state index is 10.1. The van der Waals surface area contributed by atoms with Gasteiger partial charge in [-0.25, -0.2) is 0 Å². The summed E-state index contributed by atoms with van der Waals surface area (Å²) in [5.41, 5.74) is 1.64. The number of phenols is 1. The molecule has 0 amide bonds. The molecule has 0 bridgehead atoms. The van der Waals surface area contributed by atoms with Gasteiger partial charge in [0.2, 0.25) is 0 Å². The minimum absolute atomic E-state index is 0.0679. The van der Waals surface area contributed by atoms with Gasteiger partial charge in [0.1, 0.15) is 22.5 Å². The first-order valence-corrected chi connectivity index (χ1v) is 6.33. The maximum Gasteiger partial charge on any atom is 0.143 e. The quantitative estimate of drug-likeness (QED) is 0.749. The third-order valence-electron chi connectivity index (χ3n) is 3.18. The number of hydrogen-bond acceptors (Lipinski definition) is 4. The molecule has 0 spiro atoms. The number of aromatic hydroxyl groups is 1. The highest BCUT2D eigenvalue weighted by molar-refractivity contribution is 5.73. The zero-order chi connectivity index (χ0) is 14.3. The first kappa shape index (κ1) is 12.6. The van der Waals surface area contributed by atoms with E-state index >= 15 is 0 Å². The molecule has 1 aromatic heterocycles. The van der Waals surface area contributed by atoms with E-state index in [0.717, 1.165) is 11.0 Å². The molecular weight excluding hydrogens is 254 g/mol. The molecule has 0 unspecified atom stereocenters. The molecule has 2 aromatic carbocycles. The average Bonchev–Trinajstić information content (AvgIpc) is 2.81. The first-order valence-electron chi connectivity index (χ1n) is 6.33. The van der Waals surface area contributed by atoms with Crippen molar-refractivity contribution in [3.63, 3.8) is 0 Å². The van der Waals surface area contributed by atoms with Crippen molar-refractivity contribution in [3.05, 3.63) is 48.0 Å². The van der Waals surface area contributed by atoms with Crippen LogP contribution in [0.1, 0.15) is 19.4 Å². The fraction of sp³-hybridized carbons (Fsp3) is 0.200. The summed E-state index contributed by atoms with van der Waals surface area (Å²) in [4.78, 5) is 1.38. The molecule has 0 aliphatic heterocycles. The Kier molecular flexibility index (Phi) is 2.72. The number of nitrogens with zero attached hydrogens (tertiary/aromatic N) is 3. The van der Waals surface area contributed by atoms with Crippen LogP contribution in [0, 0.1) is 0 Å². The number of benzene rings is 2. The Morgan fingerprint density at radius 3 is 2.15 bits per heavy atom. The van der Waals surface area contributed by atoms with Gasteiger partial charge in [0.15, 0.2) is 0 Å². The maximum atomic E-state index is 10.1. The molecule has 0 aliphatic carbocycles. The number of phenolic OH excluding ortho intramolecular Hbond substituents is 1. The number of aromatic nitrogens is 3. The summed E-state index contributed by atoms with van der Waals surface area (Å²) in [6, 6.07) is 12.4. The summed E-state index contributed by atoms with van der Waals surface area (Å²) in [6.45, 7) is 3.38. The van der Waals surface area contributed by atoms with Crippen molar-refractivity contribution in [1.29, 1.82) is 0 Å². The predicted molar refractivity (Wildman–Crippen MR) is 75.8 cm³/mol. The van der Waals surface area contributed by atoms with Crippen LogP contribution < -0.4 is 0 Å². The lowest BCUT2D eigenvalue weighted by atomic mass is 9.98. The molecule has 0 fully saturated rings. The van der Waals surface area contributed by atoms with Crippen LogP contribution in [0.3, 0.4) is 0 Å². The zero-order valence-electron chi connectivity index (χ0n) is 11.3. The summed E-state index contributed by atoms with van der Waals surface area (Å²) in [5, 5.41) is 28.7. The molecule has 0 saturated carbocycles. The van der Waals surface area contributed by atoms with Crippen LogP contribution in [0.15, 0.2) is 42.5 Å². The lowest BCUT2D eigenvalue weighted by Crippen LogP contribution is -2.16. The number of fused-ring (bicyclic) bond motifs is 1. The smallest absolute Gasteiger partial charge is 0.143 e. The Bertz CT molecular complexity index is 739. The van der Waals surface area contributed by atoms with E-state index < -0.39 is 5.60 Å². The van der Waals surface area contributed by atoms with Gasteiger partial charge in [-0.3, -0.25) is 0 Å². The van der Waals surface area contributed by atoms with Crippen LogP contribution in [0.4, 0.5) is 0 Å². The highest BCUT2D eigenvalue weighted by atomic mass is 16.3. The minimum atomic E-state index is -0.991. The average molecular weight is 269 g/mol. The van der Waals surface area contributed by atoms with Crippen molar-refractivity contribution in [2.24, 2.45) is 0 Å². The van der Waals surface area contributed by atoms with E-state index in [-0.39, 0.29) is 5.75 Å². The topological polar surface area (TPSA) is 71.2 Å². The molecule has 0 radical (unpaired) electrons. The van der Waals surface area contributed by atoms with Gasteiger partial charge in [0.05, 0.1) is 5.60 Å². The Morgan fingerprint density at radius 1 is 1.00 bits per heavy atom. The van der Waals surface area contributed by atoms with Crippen molar-refractivity contribution in [2.75, 3.05) is 0 Å². The van der Waals surface area contributed by atoms with Crippen molar-refractivity contribution >= 4 is 11.0 Å². The fourth-order valence-electron chi connectivity index (χ4n) is 2.03. The molecule has 0 saturated heterocycles. The third-order valence-corrected chi connectivity index (χ3v) is 3.18. The molecule has 102 valence electrons. The van der Waals surface area contributed by atoms with Crippen LogP contribution in [-0.4, -0.2) is 25.2 Å². The number of aliphatic hydroxyl groups is 1. The normalized spacial score (nSPS) is 11.9. The van der Waals surface area contributed by atoms with Gasteiger partial charge in [-0.05, 0) is 43.7 Å². The SMILES string of the molecule is CC(C)(O)c1ccc(O)c(-n2nc3ccccc3n2)c1. The van der Waals surface area contributed by atoms with Gasteiger partial charge in [-0.15, -0.1) is 15.0 Å². The van der Waals surface area contributed by atoms with Gasteiger partial charge in [-0.2, -0.15) is 0 Å². The first-order chi connectivity index (χ1) is 9.45. The molecule has 3 aromatic rings. The summed E-state index contributed by atoms with van der Waals surface area (Å²) in [7, 11) is 0. The van der Waals surface area contributed by atoms with Crippen molar-refractivity contribution in [3.8, 4) is 11.4 Å². The zero-order valence-corrected chi connectivity index (χ0v) is 11.3. The fourth-order valence-corrected chi connectivity index (χ4v) is 2.03. The van der Waals surface area contributed by atoms with E-state index in [1.807, 2.05) is 24.3 Å². The van der Waals surface area contributed by atoms with Gasteiger partial charge in [0.25, 0.3) is 0 Å². The van der Waals surface area contributed by atoms with E-state index in [2.05, 4.69) is 10.2 Å². The summed E-state index contributed by atoms with van der Waals surface area (Å²) in [5.74, 6) is 0.0679. The van der Waals surface area contributed by atoms with Crippen LogP contribution in [0.2, 0.25) is 0 Å². The van der Waals surface area contributed by atoms with E-state index in [1.165, 1.54) is 10.9 Å². The number of hydrogen-bond donors (Lipinski definition) is 2. The Morgan fingerprint density at radius 2 is 1.60 bits per heavy atom. The molecule has 5 heteroatoms. The van der Waals surface area contributed by atoms with Crippen molar-refractivity contribution in [1.82, 2.24) is 15.0 Å². The Balaban J connectivity index is 2.17. The lowest BCUT2D eigenvalue weighted by molar-refractivity contribution is 0.0785. The van der Waals surface area contributed by atoms with Gasteiger partial charge in [0, 0.05) is 0 Å². The Hall–Kier alpha value is -2.40. The van der Waals surface area contributed by atoms with Gasteiger partial charge < -0.3 is 10.2 Å². The van der Waals surface area contributed by atoms with E-state index in [1.54, 1.807) is 26.0 Å². The van der Waals surface area contributed by atoms with E-state index in [9.17, 15) is 10.2 Å². The largest absolute Gasteiger partial charge is 0.506 e. The van der Waals surface area contributed by atoms with E-state index in [4.69, 9.17) is 0 Å². The summed E-state index contributed by atoms with van der Waals surface area (Å²) >= 11 is 0. The molecular formula is C15H15N3O2. The van der Waals surface area contributed by atoms with Gasteiger partial charge in [-0.1, -0.05) is 18.2 Å². The lowest BCUT2D eigenvalue weighted by Gasteiger charge is -2.18.